The van der Waals surface area contributed by atoms with Crippen molar-refractivity contribution in [1.82, 2.24) is 0 Å². The van der Waals surface area contributed by atoms with E-state index in [-0.39, 0.29) is 35.9 Å². The molecule has 1 aliphatic carbocycles. The minimum Gasteiger partial charge on any atom is -0.462 e. The Morgan fingerprint density at radius 2 is 2.19 bits per heavy atom. The number of rotatable bonds is 6. The normalized spacial score (nSPS) is 44.2. The van der Waals surface area contributed by atoms with Gasteiger partial charge in [0.25, 0.3) is 6.47 Å². The fourth-order valence-corrected chi connectivity index (χ4v) is 3.69. The molecule has 4 unspecified atom stereocenters. The Labute approximate surface area is 125 Å². The molecule has 3 fully saturated rings. The van der Waals surface area contributed by atoms with Crippen LogP contribution in [0.3, 0.4) is 0 Å². The average Bonchev–Trinajstić information content (AvgIpc) is 3.36. The maximum Gasteiger partial charge on any atom is 0.293 e. The van der Waals surface area contributed by atoms with Crippen LogP contribution in [0, 0.1) is 5.92 Å². The van der Waals surface area contributed by atoms with E-state index >= 15 is 0 Å². The third kappa shape index (κ3) is 2.87. The average molecular weight is 296 g/mol. The number of epoxide rings is 2. The predicted molar refractivity (Wildman–Crippen MR) is 75.9 cm³/mol. The van der Waals surface area contributed by atoms with Gasteiger partial charge in [-0.2, -0.15) is 0 Å². The fourth-order valence-electron chi connectivity index (χ4n) is 3.69. The molecule has 118 valence electrons. The molecule has 1 saturated carbocycles. The van der Waals surface area contributed by atoms with Gasteiger partial charge in [-0.25, -0.2) is 0 Å². The maximum absolute atomic E-state index is 10.7. The number of hydrogen-bond donors (Lipinski definition) is 0. The zero-order valence-electron chi connectivity index (χ0n) is 12.9. The van der Waals surface area contributed by atoms with Crippen molar-refractivity contribution in [2.75, 3.05) is 13.7 Å². The maximum atomic E-state index is 10.7. The third-order valence-electron chi connectivity index (χ3n) is 4.93. The van der Waals surface area contributed by atoms with E-state index in [4.69, 9.17) is 18.9 Å². The van der Waals surface area contributed by atoms with E-state index in [9.17, 15) is 4.79 Å². The van der Waals surface area contributed by atoms with Gasteiger partial charge >= 0.3 is 0 Å². The van der Waals surface area contributed by atoms with E-state index < -0.39 is 0 Å². The molecular weight excluding hydrogens is 272 g/mol. The van der Waals surface area contributed by atoms with Crippen LogP contribution in [0.4, 0.5) is 0 Å². The van der Waals surface area contributed by atoms with Crippen molar-refractivity contribution in [1.29, 1.82) is 0 Å². The molecule has 6 atom stereocenters. The number of ether oxygens (including phenoxy) is 4. The highest BCUT2D eigenvalue weighted by Gasteiger charge is 2.66. The summed E-state index contributed by atoms with van der Waals surface area (Å²) in [6.45, 7) is 5.47. The van der Waals surface area contributed by atoms with Gasteiger partial charge in [0.2, 0.25) is 0 Å². The number of methoxy groups -OCH3 is 1. The Morgan fingerprint density at radius 1 is 1.43 bits per heavy atom. The molecule has 0 aromatic heterocycles. The summed E-state index contributed by atoms with van der Waals surface area (Å²) in [5.74, 6) is 0.150. The molecule has 1 spiro atoms. The summed E-state index contributed by atoms with van der Waals surface area (Å²) < 4.78 is 22.5. The zero-order valence-corrected chi connectivity index (χ0v) is 12.9. The SMILES string of the molecule is COC1C(OC=O)CC[C@]2(CO2)C1C1O[C@@H]1CC=C(C)C. The van der Waals surface area contributed by atoms with Crippen molar-refractivity contribution in [3.63, 3.8) is 0 Å². The molecule has 3 rings (SSSR count). The van der Waals surface area contributed by atoms with Crippen LogP contribution in [-0.4, -0.2) is 50.2 Å². The molecule has 0 radical (unpaired) electrons. The Morgan fingerprint density at radius 3 is 2.76 bits per heavy atom. The first-order valence-electron chi connectivity index (χ1n) is 7.66. The van der Waals surface area contributed by atoms with Crippen LogP contribution < -0.4 is 0 Å². The van der Waals surface area contributed by atoms with E-state index in [1.165, 1.54) is 5.57 Å². The van der Waals surface area contributed by atoms with Gasteiger partial charge in [-0.1, -0.05) is 11.6 Å². The molecule has 0 amide bonds. The lowest BCUT2D eigenvalue weighted by atomic mass is 9.73. The number of carbonyl (C=O) groups excluding carboxylic acids is 1. The van der Waals surface area contributed by atoms with Gasteiger partial charge in [0, 0.05) is 13.0 Å². The summed E-state index contributed by atoms with van der Waals surface area (Å²) >= 11 is 0. The second-order valence-corrected chi connectivity index (χ2v) is 6.55. The van der Waals surface area contributed by atoms with Crippen LogP contribution in [0.25, 0.3) is 0 Å². The standard InChI is InChI=1S/C16H24O5/c1-10(2)4-5-12-15(21-12)13-14(18-3)11(19-9-17)6-7-16(13)8-20-16/h4,9,11-15H,5-8H2,1-3H3/t11?,12-,13?,14?,15?,16+/m1/s1. The molecule has 2 aliphatic heterocycles. The molecular formula is C16H24O5. The van der Waals surface area contributed by atoms with Crippen LogP contribution >= 0.6 is 0 Å². The van der Waals surface area contributed by atoms with Crippen molar-refractivity contribution < 1.29 is 23.7 Å². The molecule has 0 N–H and O–H groups in total. The lowest BCUT2D eigenvalue weighted by molar-refractivity contribution is -0.154. The van der Waals surface area contributed by atoms with E-state index in [1.807, 2.05) is 0 Å². The molecule has 5 heteroatoms. The molecule has 2 saturated heterocycles. The smallest absolute Gasteiger partial charge is 0.293 e. The van der Waals surface area contributed by atoms with Gasteiger partial charge in [0.05, 0.1) is 24.4 Å². The molecule has 21 heavy (non-hydrogen) atoms. The quantitative estimate of drug-likeness (QED) is 0.425. The first kappa shape index (κ1) is 15.0. The third-order valence-corrected chi connectivity index (χ3v) is 4.93. The number of allylic oxidation sites excluding steroid dienone is 1. The Kier molecular flexibility index (Phi) is 4.08. The van der Waals surface area contributed by atoms with Gasteiger partial charge in [0.15, 0.2) is 0 Å². The highest BCUT2D eigenvalue weighted by molar-refractivity contribution is 5.38. The number of carbonyl (C=O) groups is 1. The van der Waals surface area contributed by atoms with Crippen LogP contribution in [-0.2, 0) is 23.7 Å². The van der Waals surface area contributed by atoms with Crippen LogP contribution in [0.2, 0.25) is 0 Å². The van der Waals surface area contributed by atoms with E-state index in [0.29, 0.717) is 6.47 Å². The zero-order chi connectivity index (χ0) is 15.0. The summed E-state index contributed by atoms with van der Waals surface area (Å²) in [6.07, 6.45) is 4.87. The van der Waals surface area contributed by atoms with E-state index in [1.54, 1.807) is 7.11 Å². The largest absolute Gasteiger partial charge is 0.462 e. The molecule has 3 aliphatic rings. The molecule has 2 heterocycles. The monoisotopic (exact) mass is 296 g/mol. The van der Waals surface area contributed by atoms with Gasteiger partial charge in [-0.15, -0.1) is 0 Å². The van der Waals surface area contributed by atoms with Gasteiger partial charge in [-0.3, -0.25) is 4.79 Å². The summed E-state index contributed by atoms with van der Waals surface area (Å²) in [5.41, 5.74) is 1.18. The summed E-state index contributed by atoms with van der Waals surface area (Å²) in [5, 5.41) is 0. The minimum absolute atomic E-state index is 0.117. The van der Waals surface area contributed by atoms with Crippen molar-refractivity contribution in [3.8, 4) is 0 Å². The Hall–Kier alpha value is -0.910. The van der Waals surface area contributed by atoms with Gasteiger partial charge < -0.3 is 18.9 Å². The van der Waals surface area contributed by atoms with Crippen molar-refractivity contribution in [3.05, 3.63) is 11.6 Å². The molecule has 5 nitrogen and oxygen atoms in total. The summed E-state index contributed by atoms with van der Waals surface area (Å²) in [6, 6.07) is 0. The Balaban J connectivity index is 1.71. The minimum atomic E-state index is -0.194. The second kappa shape index (κ2) is 5.71. The molecule has 0 bridgehead atoms. The fraction of sp³-hybridized carbons (Fsp3) is 0.812. The van der Waals surface area contributed by atoms with E-state index in [0.717, 1.165) is 25.9 Å². The van der Waals surface area contributed by atoms with Gasteiger partial charge in [0.1, 0.15) is 12.2 Å². The van der Waals surface area contributed by atoms with Crippen LogP contribution in [0.1, 0.15) is 33.1 Å². The van der Waals surface area contributed by atoms with Crippen molar-refractivity contribution >= 4 is 6.47 Å². The topological polar surface area (TPSA) is 60.6 Å². The summed E-state index contributed by atoms with van der Waals surface area (Å²) in [4.78, 5) is 10.7. The lowest BCUT2D eigenvalue weighted by Gasteiger charge is -2.39. The number of hydrogen-bond acceptors (Lipinski definition) is 5. The first-order valence-corrected chi connectivity index (χ1v) is 7.66. The molecule has 0 aromatic carbocycles. The van der Waals surface area contributed by atoms with Crippen molar-refractivity contribution in [2.24, 2.45) is 5.92 Å². The Bertz CT molecular complexity index is 424. The summed E-state index contributed by atoms with van der Waals surface area (Å²) in [7, 11) is 1.67. The first-order chi connectivity index (χ1) is 10.1. The van der Waals surface area contributed by atoms with Gasteiger partial charge in [-0.05, 0) is 33.1 Å². The predicted octanol–water partition coefficient (Wildman–Crippen LogP) is 1.85. The molecule has 0 aromatic rings. The highest BCUT2D eigenvalue weighted by atomic mass is 16.6. The highest BCUT2D eigenvalue weighted by Crippen LogP contribution is 2.54. The lowest BCUT2D eigenvalue weighted by Crippen LogP contribution is -2.52. The van der Waals surface area contributed by atoms with Crippen LogP contribution in [0.15, 0.2) is 11.6 Å². The van der Waals surface area contributed by atoms with Crippen LogP contribution in [0.5, 0.6) is 0 Å². The van der Waals surface area contributed by atoms with Crippen molar-refractivity contribution in [2.45, 2.75) is 63.1 Å². The van der Waals surface area contributed by atoms with E-state index in [2.05, 4.69) is 19.9 Å². The second-order valence-electron chi connectivity index (χ2n) is 6.55.